The molecule has 0 aliphatic rings. The molecule has 0 saturated heterocycles. The normalized spacial score (nSPS) is 8.83. The SMILES string of the molecule is C=CCN(C=C(C)C)CCC=O. The summed E-state index contributed by atoms with van der Waals surface area (Å²) in [6, 6.07) is 0. The average Bonchev–Trinajstić information content (AvgIpc) is 2.00. The second kappa shape index (κ2) is 6.65. The molecule has 2 nitrogen and oxygen atoms in total. The Bertz CT molecular complexity index is 169. The van der Waals surface area contributed by atoms with Crippen LogP contribution >= 0.6 is 0 Å². The molecule has 68 valence electrons. The lowest BCUT2D eigenvalue weighted by Crippen LogP contribution is -2.19. The van der Waals surface area contributed by atoms with Crippen LogP contribution in [0.25, 0.3) is 0 Å². The summed E-state index contributed by atoms with van der Waals surface area (Å²) in [5.41, 5.74) is 1.24. The molecule has 0 saturated carbocycles. The Morgan fingerprint density at radius 1 is 1.50 bits per heavy atom. The summed E-state index contributed by atoms with van der Waals surface area (Å²) >= 11 is 0. The summed E-state index contributed by atoms with van der Waals surface area (Å²) in [7, 11) is 0. The largest absolute Gasteiger partial charge is 0.373 e. The minimum absolute atomic E-state index is 0.581. The molecule has 0 heterocycles. The summed E-state index contributed by atoms with van der Waals surface area (Å²) in [4.78, 5) is 12.2. The fourth-order valence-corrected chi connectivity index (χ4v) is 0.958. The van der Waals surface area contributed by atoms with Crippen LogP contribution in [0.5, 0.6) is 0 Å². The predicted molar refractivity (Wildman–Crippen MR) is 51.9 cm³/mol. The van der Waals surface area contributed by atoms with Gasteiger partial charge < -0.3 is 9.69 Å². The van der Waals surface area contributed by atoms with Crippen molar-refractivity contribution >= 4 is 6.29 Å². The van der Waals surface area contributed by atoms with Crippen LogP contribution in [-0.2, 0) is 4.79 Å². The molecule has 0 aromatic rings. The van der Waals surface area contributed by atoms with Gasteiger partial charge in [0.05, 0.1) is 0 Å². The van der Waals surface area contributed by atoms with Gasteiger partial charge in [0.1, 0.15) is 6.29 Å². The van der Waals surface area contributed by atoms with E-state index in [2.05, 4.69) is 11.5 Å². The number of rotatable bonds is 6. The van der Waals surface area contributed by atoms with E-state index < -0.39 is 0 Å². The van der Waals surface area contributed by atoms with Crippen LogP contribution in [0.4, 0.5) is 0 Å². The number of hydrogen-bond acceptors (Lipinski definition) is 2. The van der Waals surface area contributed by atoms with Crippen molar-refractivity contribution in [3.63, 3.8) is 0 Å². The van der Waals surface area contributed by atoms with Crippen LogP contribution in [0.1, 0.15) is 20.3 Å². The van der Waals surface area contributed by atoms with Gasteiger partial charge in [-0.05, 0) is 20.0 Å². The van der Waals surface area contributed by atoms with Gasteiger partial charge in [-0.1, -0.05) is 11.6 Å². The molecule has 0 aliphatic carbocycles. The standard InChI is InChI=1S/C10H17NO/c1-4-6-11(7-5-8-12)9-10(2)3/h4,8-9H,1,5-7H2,2-3H3. The number of nitrogens with zero attached hydrogens (tertiary/aromatic N) is 1. The number of carbonyl (C=O) groups excluding carboxylic acids is 1. The summed E-state index contributed by atoms with van der Waals surface area (Å²) in [6.07, 6.45) is 5.40. The average molecular weight is 167 g/mol. The molecule has 0 bridgehead atoms. The van der Waals surface area contributed by atoms with E-state index in [-0.39, 0.29) is 0 Å². The third kappa shape index (κ3) is 5.71. The predicted octanol–water partition coefficient (Wildman–Crippen LogP) is 1.99. The van der Waals surface area contributed by atoms with Gasteiger partial charge in [-0.2, -0.15) is 0 Å². The maximum absolute atomic E-state index is 10.1. The highest BCUT2D eigenvalue weighted by Crippen LogP contribution is 1.97. The molecular weight excluding hydrogens is 150 g/mol. The summed E-state index contributed by atoms with van der Waals surface area (Å²) in [5.74, 6) is 0. The Balaban J connectivity index is 3.93. The maximum atomic E-state index is 10.1. The minimum Gasteiger partial charge on any atom is -0.373 e. The molecule has 0 aromatic carbocycles. The molecular formula is C10H17NO. The summed E-state index contributed by atoms with van der Waals surface area (Å²) < 4.78 is 0. The second-order valence-corrected chi connectivity index (χ2v) is 2.95. The van der Waals surface area contributed by atoms with E-state index in [1.165, 1.54) is 5.57 Å². The summed E-state index contributed by atoms with van der Waals surface area (Å²) in [6.45, 7) is 9.32. The topological polar surface area (TPSA) is 20.3 Å². The molecule has 0 N–H and O–H groups in total. The van der Waals surface area contributed by atoms with E-state index in [4.69, 9.17) is 0 Å². The van der Waals surface area contributed by atoms with Crippen LogP contribution in [0, 0.1) is 0 Å². The Morgan fingerprint density at radius 2 is 2.17 bits per heavy atom. The molecule has 0 amide bonds. The Labute approximate surface area is 74.6 Å². The molecule has 0 aliphatic heterocycles. The van der Waals surface area contributed by atoms with E-state index >= 15 is 0 Å². The van der Waals surface area contributed by atoms with Crippen molar-refractivity contribution in [2.24, 2.45) is 0 Å². The molecule has 0 atom stereocenters. The zero-order valence-corrected chi connectivity index (χ0v) is 7.92. The van der Waals surface area contributed by atoms with Crippen molar-refractivity contribution in [3.05, 3.63) is 24.4 Å². The second-order valence-electron chi connectivity index (χ2n) is 2.95. The third-order valence-electron chi connectivity index (χ3n) is 1.34. The zero-order valence-electron chi connectivity index (χ0n) is 7.92. The van der Waals surface area contributed by atoms with Crippen molar-refractivity contribution in [2.75, 3.05) is 13.1 Å². The van der Waals surface area contributed by atoms with E-state index in [9.17, 15) is 4.79 Å². The van der Waals surface area contributed by atoms with E-state index in [1.807, 2.05) is 26.1 Å². The fraction of sp³-hybridized carbons (Fsp3) is 0.500. The lowest BCUT2D eigenvalue weighted by atomic mass is 10.3. The zero-order chi connectivity index (χ0) is 9.40. The number of allylic oxidation sites excluding steroid dienone is 1. The first-order chi connectivity index (χ1) is 5.70. The Hall–Kier alpha value is -1.05. The van der Waals surface area contributed by atoms with Gasteiger partial charge in [0.2, 0.25) is 0 Å². The molecule has 0 fully saturated rings. The molecule has 0 spiro atoms. The first-order valence-corrected chi connectivity index (χ1v) is 4.14. The fourth-order valence-electron chi connectivity index (χ4n) is 0.958. The van der Waals surface area contributed by atoms with Crippen LogP contribution in [0.15, 0.2) is 24.4 Å². The van der Waals surface area contributed by atoms with Crippen molar-refractivity contribution in [2.45, 2.75) is 20.3 Å². The highest BCUT2D eigenvalue weighted by molar-refractivity contribution is 5.49. The smallest absolute Gasteiger partial charge is 0.121 e. The van der Waals surface area contributed by atoms with Gasteiger partial charge in [0.15, 0.2) is 0 Å². The van der Waals surface area contributed by atoms with Crippen molar-refractivity contribution in [1.82, 2.24) is 4.90 Å². The van der Waals surface area contributed by atoms with E-state index in [0.717, 1.165) is 19.4 Å². The highest BCUT2D eigenvalue weighted by Gasteiger charge is 1.95. The Morgan fingerprint density at radius 3 is 2.58 bits per heavy atom. The van der Waals surface area contributed by atoms with E-state index in [0.29, 0.717) is 6.42 Å². The third-order valence-corrected chi connectivity index (χ3v) is 1.34. The lowest BCUT2D eigenvalue weighted by Gasteiger charge is -2.17. The number of hydrogen-bond donors (Lipinski definition) is 0. The van der Waals surface area contributed by atoms with Crippen molar-refractivity contribution in [3.8, 4) is 0 Å². The van der Waals surface area contributed by atoms with Crippen LogP contribution < -0.4 is 0 Å². The lowest BCUT2D eigenvalue weighted by molar-refractivity contribution is -0.108. The molecule has 0 radical (unpaired) electrons. The van der Waals surface area contributed by atoms with E-state index in [1.54, 1.807) is 0 Å². The van der Waals surface area contributed by atoms with Gasteiger partial charge >= 0.3 is 0 Å². The van der Waals surface area contributed by atoms with Crippen LogP contribution in [0.3, 0.4) is 0 Å². The van der Waals surface area contributed by atoms with Crippen LogP contribution in [-0.4, -0.2) is 24.3 Å². The van der Waals surface area contributed by atoms with Crippen LogP contribution in [0.2, 0.25) is 0 Å². The van der Waals surface area contributed by atoms with Gasteiger partial charge in [-0.3, -0.25) is 0 Å². The Kier molecular flexibility index (Phi) is 6.07. The van der Waals surface area contributed by atoms with Gasteiger partial charge in [-0.25, -0.2) is 0 Å². The molecule has 0 unspecified atom stereocenters. The minimum atomic E-state index is 0.581. The highest BCUT2D eigenvalue weighted by atomic mass is 16.1. The molecule has 0 rings (SSSR count). The maximum Gasteiger partial charge on any atom is 0.121 e. The van der Waals surface area contributed by atoms with Gasteiger partial charge in [0, 0.05) is 19.5 Å². The first kappa shape index (κ1) is 11.0. The first-order valence-electron chi connectivity index (χ1n) is 4.14. The monoisotopic (exact) mass is 167 g/mol. The molecule has 12 heavy (non-hydrogen) atoms. The molecule has 2 heteroatoms. The number of aldehydes is 1. The van der Waals surface area contributed by atoms with Crippen molar-refractivity contribution < 1.29 is 4.79 Å². The quantitative estimate of drug-likeness (QED) is 0.445. The van der Waals surface area contributed by atoms with Crippen molar-refractivity contribution in [1.29, 1.82) is 0 Å². The number of carbonyl (C=O) groups is 1. The van der Waals surface area contributed by atoms with Gasteiger partial charge in [-0.15, -0.1) is 6.58 Å². The van der Waals surface area contributed by atoms with Gasteiger partial charge in [0.25, 0.3) is 0 Å². The molecule has 0 aromatic heterocycles. The summed E-state index contributed by atoms with van der Waals surface area (Å²) in [5, 5.41) is 0.